The second-order valence-electron chi connectivity index (χ2n) is 9.58. The van der Waals surface area contributed by atoms with Crippen molar-refractivity contribution < 1.29 is 27.1 Å². The van der Waals surface area contributed by atoms with Gasteiger partial charge in [-0.25, -0.2) is 32.2 Å². The summed E-state index contributed by atoms with van der Waals surface area (Å²) in [5.41, 5.74) is -2.72. The number of carbonyl (C=O) groups excluding carboxylic acids is 1. The summed E-state index contributed by atoms with van der Waals surface area (Å²) in [5.74, 6) is -4.26. The van der Waals surface area contributed by atoms with Crippen LogP contribution in [-0.4, -0.2) is 37.7 Å². The zero-order chi connectivity index (χ0) is 24.6. The highest BCUT2D eigenvalue weighted by atomic mass is 19.3. The Balaban J connectivity index is 1.31. The molecule has 3 aromatic rings. The quantitative estimate of drug-likeness (QED) is 0.533. The van der Waals surface area contributed by atoms with Gasteiger partial charge in [-0.3, -0.25) is 14.9 Å². The Labute approximate surface area is 195 Å². The number of rotatable bonds is 6. The Morgan fingerprint density at radius 2 is 1.83 bits per heavy atom. The van der Waals surface area contributed by atoms with E-state index in [9.17, 15) is 27.2 Å². The number of nitrogens with one attached hydrogen (secondary N) is 1. The van der Waals surface area contributed by atoms with Crippen LogP contribution in [0.1, 0.15) is 37.7 Å². The smallest absolute Gasteiger partial charge is 0.275 e. The molecule has 2 heterocycles. The van der Waals surface area contributed by atoms with Gasteiger partial charge in [0, 0.05) is 11.8 Å². The fourth-order valence-corrected chi connectivity index (χ4v) is 4.68. The van der Waals surface area contributed by atoms with Crippen LogP contribution in [-0.2, 0) is 17.0 Å². The molecule has 0 bridgehead atoms. The normalized spacial score (nSPS) is 25.2. The van der Waals surface area contributed by atoms with Gasteiger partial charge in [0.05, 0.1) is 23.2 Å². The van der Waals surface area contributed by atoms with Crippen molar-refractivity contribution in [3.63, 3.8) is 0 Å². The van der Waals surface area contributed by atoms with Crippen molar-refractivity contribution in [2.24, 2.45) is 5.41 Å². The largest absolute Gasteiger partial charge is 0.473 e. The van der Waals surface area contributed by atoms with Gasteiger partial charge >= 0.3 is 0 Å². The van der Waals surface area contributed by atoms with Gasteiger partial charge in [0.2, 0.25) is 17.7 Å². The van der Waals surface area contributed by atoms with E-state index in [1.165, 1.54) is 18.2 Å². The van der Waals surface area contributed by atoms with E-state index in [0.29, 0.717) is 18.4 Å². The number of aromatic nitrogens is 4. The van der Waals surface area contributed by atoms with E-state index in [0.717, 1.165) is 17.1 Å². The minimum Gasteiger partial charge on any atom is -0.473 e. The van der Waals surface area contributed by atoms with E-state index in [1.54, 1.807) is 0 Å². The number of fused-ring (bicyclic) bond motifs is 1. The third-order valence-corrected chi connectivity index (χ3v) is 7.02. The molecule has 3 saturated carbocycles. The second-order valence-corrected chi connectivity index (χ2v) is 9.58. The second kappa shape index (κ2) is 7.22. The average Bonchev–Trinajstić information content (AvgIpc) is 3.67. The molecule has 1 spiro atoms. The van der Waals surface area contributed by atoms with Crippen molar-refractivity contribution in [2.75, 3.05) is 5.32 Å². The van der Waals surface area contributed by atoms with Crippen molar-refractivity contribution in [2.45, 2.75) is 56.3 Å². The van der Waals surface area contributed by atoms with E-state index in [1.807, 2.05) is 0 Å². The van der Waals surface area contributed by atoms with Crippen LogP contribution in [0.2, 0.25) is 0 Å². The Kier molecular flexibility index (Phi) is 4.52. The number of benzene rings is 1. The topological polar surface area (TPSA) is 99.0 Å². The van der Waals surface area contributed by atoms with Crippen LogP contribution in [0, 0.1) is 11.2 Å². The number of anilines is 1. The van der Waals surface area contributed by atoms with Crippen LogP contribution >= 0.6 is 0 Å². The molecule has 2 aromatic heterocycles. The van der Waals surface area contributed by atoms with Crippen LogP contribution in [0.4, 0.5) is 23.5 Å². The maximum absolute atomic E-state index is 14.7. The van der Waals surface area contributed by atoms with E-state index < -0.39 is 46.9 Å². The predicted octanol–water partition coefficient (Wildman–Crippen LogP) is 3.49. The van der Waals surface area contributed by atoms with E-state index in [4.69, 9.17) is 4.74 Å². The lowest BCUT2D eigenvalue weighted by Crippen LogP contribution is -2.39. The zero-order valence-corrected chi connectivity index (χ0v) is 18.2. The van der Waals surface area contributed by atoms with Gasteiger partial charge in [-0.15, -0.1) is 5.10 Å². The molecule has 3 aliphatic rings. The van der Waals surface area contributed by atoms with Crippen molar-refractivity contribution in [1.29, 1.82) is 0 Å². The number of nitrogens with zero attached hydrogens (tertiary/aromatic N) is 4. The van der Waals surface area contributed by atoms with Gasteiger partial charge in [0.1, 0.15) is 18.3 Å². The van der Waals surface area contributed by atoms with Gasteiger partial charge in [-0.1, -0.05) is 6.07 Å². The number of ether oxygens (including phenoxy) is 1. The number of alkyl halides is 3. The molecule has 0 unspecified atom stereocenters. The first-order valence-corrected chi connectivity index (χ1v) is 11.1. The van der Waals surface area contributed by atoms with E-state index >= 15 is 0 Å². The number of amides is 1. The van der Waals surface area contributed by atoms with Gasteiger partial charge in [0.15, 0.2) is 5.82 Å². The number of carbonyl (C=O) groups is 1. The predicted molar refractivity (Wildman–Crippen MR) is 114 cm³/mol. The molecule has 3 aliphatic carbocycles. The van der Waals surface area contributed by atoms with E-state index in [-0.39, 0.29) is 41.9 Å². The van der Waals surface area contributed by atoms with Crippen molar-refractivity contribution in [3.05, 3.63) is 52.3 Å². The number of hydrogen-bond acceptors (Lipinski definition) is 6. The molecule has 0 radical (unpaired) electrons. The van der Waals surface area contributed by atoms with Gasteiger partial charge in [-0.2, -0.15) is 0 Å². The third-order valence-electron chi connectivity index (χ3n) is 7.02. The molecule has 35 heavy (non-hydrogen) atoms. The zero-order valence-electron chi connectivity index (χ0n) is 18.2. The lowest BCUT2D eigenvalue weighted by atomic mass is 9.78. The Morgan fingerprint density at radius 3 is 2.46 bits per heavy atom. The molecule has 3 fully saturated rings. The molecule has 1 amide bonds. The van der Waals surface area contributed by atoms with Crippen LogP contribution in [0.5, 0.6) is 5.88 Å². The first kappa shape index (κ1) is 21.9. The maximum atomic E-state index is 14.7. The first-order chi connectivity index (χ1) is 16.6. The molecule has 0 saturated heterocycles. The minimum atomic E-state index is -2.69. The maximum Gasteiger partial charge on any atom is 0.275 e. The monoisotopic (exact) mass is 489 g/mol. The van der Waals surface area contributed by atoms with Crippen LogP contribution in [0.15, 0.2) is 35.4 Å². The molecule has 182 valence electrons. The van der Waals surface area contributed by atoms with Crippen molar-refractivity contribution in [3.8, 4) is 5.88 Å². The van der Waals surface area contributed by atoms with E-state index in [2.05, 4.69) is 20.4 Å². The van der Waals surface area contributed by atoms with Gasteiger partial charge in [0.25, 0.3) is 11.5 Å². The summed E-state index contributed by atoms with van der Waals surface area (Å²) in [5, 5.41) is 6.93. The summed E-state index contributed by atoms with van der Waals surface area (Å²) in [6.07, 6.45) is 2.08. The highest BCUT2D eigenvalue weighted by Gasteiger charge is 2.76. The molecular weight excluding hydrogens is 470 g/mol. The molecule has 0 atom stereocenters. The highest BCUT2D eigenvalue weighted by Crippen LogP contribution is 2.71. The summed E-state index contributed by atoms with van der Waals surface area (Å²) >= 11 is 0. The molecule has 8 nitrogen and oxygen atoms in total. The van der Waals surface area contributed by atoms with Crippen LogP contribution < -0.4 is 15.6 Å². The summed E-state index contributed by atoms with van der Waals surface area (Å²) < 4.78 is 61.7. The molecule has 6 rings (SSSR count). The molecule has 1 aromatic carbocycles. The highest BCUT2D eigenvalue weighted by molar-refractivity contribution is 5.90. The van der Waals surface area contributed by atoms with Crippen molar-refractivity contribution >= 4 is 22.6 Å². The lowest BCUT2D eigenvalue weighted by Gasteiger charge is -2.35. The summed E-state index contributed by atoms with van der Waals surface area (Å²) in [4.78, 5) is 32.8. The standard InChI is InChI=1S/C23H19F4N5O3/c24-13-8-28-20(29-9-13)30-17(33)10-32-19(34)15-2-1-12(22(25)3-4-22)5-16(15)18(31-32)35-14-6-21(7-14)11-23(21,26)27/h1-2,5,8-9,14H,3-4,6-7,10-11H2,(H,28,29,30,33)/t14-,21-. The fraction of sp³-hybridized carbons (Fsp3) is 0.435. The number of halogens is 4. The van der Waals surface area contributed by atoms with Crippen LogP contribution in [0.25, 0.3) is 10.8 Å². The fourth-order valence-electron chi connectivity index (χ4n) is 4.68. The SMILES string of the molecule is O=C(Cn1nc(O[C@H]2C[C@@]3(CC3(F)F)C2)c2cc(C3(F)CC3)ccc2c1=O)Nc1ncc(F)cn1. The first-order valence-electron chi connectivity index (χ1n) is 11.1. The molecular formula is C23H19F4N5O3. The molecule has 1 N–H and O–H groups in total. The Hall–Kier alpha value is -3.57. The van der Waals surface area contributed by atoms with Gasteiger partial charge in [-0.05, 0) is 43.4 Å². The minimum absolute atomic E-state index is 0.0275. The summed E-state index contributed by atoms with van der Waals surface area (Å²) in [7, 11) is 0. The van der Waals surface area contributed by atoms with Crippen LogP contribution in [0.3, 0.4) is 0 Å². The Morgan fingerprint density at radius 1 is 1.14 bits per heavy atom. The van der Waals surface area contributed by atoms with Crippen molar-refractivity contribution in [1.82, 2.24) is 19.7 Å². The molecule has 0 aliphatic heterocycles. The Bertz CT molecular complexity index is 1420. The average molecular weight is 489 g/mol. The third kappa shape index (κ3) is 3.71. The molecule has 12 heteroatoms. The number of hydrogen-bond donors (Lipinski definition) is 1. The summed E-state index contributed by atoms with van der Waals surface area (Å²) in [6, 6.07) is 4.47. The van der Waals surface area contributed by atoms with Gasteiger partial charge < -0.3 is 4.74 Å². The lowest BCUT2D eigenvalue weighted by molar-refractivity contribution is -0.117. The summed E-state index contributed by atoms with van der Waals surface area (Å²) in [6.45, 7) is -0.534.